The van der Waals surface area contributed by atoms with Crippen LogP contribution in [0.15, 0.2) is 0 Å². The van der Waals surface area contributed by atoms with Crippen LogP contribution in [0, 0.1) is 5.41 Å². The Morgan fingerprint density at radius 2 is 1.81 bits per heavy atom. The molecule has 6 heteroatoms. The molecule has 0 bridgehead atoms. The molecule has 0 saturated carbocycles. The molecule has 5 nitrogen and oxygen atoms in total. The van der Waals surface area contributed by atoms with Crippen molar-refractivity contribution in [1.82, 2.24) is 4.31 Å². The molecular formula is C10H21NO4S. The van der Waals surface area contributed by atoms with Gasteiger partial charge in [-0.3, -0.25) is 4.79 Å². The van der Waals surface area contributed by atoms with Crippen LogP contribution in [0.3, 0.4) is 0 Å². The topological polar surface area (TPSA) is 74.7 Å². The van der Waals surface area contributed by atoms with Gasteiger partial charge in [0.25, 0.3) is 0 Å². The third kappa shape index (κ3) is 6.79. The molecule has 0 aromatic heterocycles. The zero-order valence-corrected chi connectivity index (χ0v) is 11.2. The summed E-state index contributed by atoms with van der Waals surface area (Å²) in [7, 11) is -2.13. The third-order valence-corrected chi connectivity index (χ3v) is 4.05. The average molecular weight is 251 g/mol. The summed E-state index contributed by atoms with van der Waals surface area (Å²) in [4.78, 5) is 10.4. The first-order valence-corrected chi connectivity index (χ1v) is 6.81. The minimum absolute atomic E-state index is 0.00799. The summed E-state index contributed by atoms with van der Waals surface area (Å²) in [5.41, 5.74) is 0.0981. The van der Waals surface area contributed by atoms with Crippen molar-refractivity contribution in [2.24, 2.45) is 5.41 Å². The molecular weight excluding hydrogens is 230 g/mol. The minimum Gasteiger partial charge on any atom is -0.480 e. The highest BCUT2D eigenvalue weighted by atomic mass is 32.2. The van der Waals surface area contributed by atoms with Gasteiger partial charge in [0.1, 0.15) is 6.54 Å². The summed E-state index contributed by atoms with van der Waals surface area (Å²) >= 11 is 0. The van der Waals surface area contributed by atoms with Gasteiger partial charge in [0.05, 0.1) is 5.75 Å². The molecule has 0 spiro atoms. The highest BCUT2D eigenvalue weighted by Gasteiger charge is 2.21. The Kier molecular flexibility index (Phi) is 5.41. The molecule has 0 aliphatic heterocycles. The fourth-order valence-electron chi connectivity index (χ4n) is 1.23. The smallest absolute Gasteiger partial charge is 0.318 e. The van der Waals surface area contributed by atoms with Gasteiger partial charge in [-0.05, 0) is 18.3 Å². The third-order valence-electron chi connectivity index (χ3n) is 2.16. The second-order valence-electron chi connectivity index (χ2n) is 5.13. The Balaban J connectivity index is 4.20. The summed E-state index contributed by atoms with van der Waals surface area (Å²) in [6.45, 7) is 5.65. The number of likely N-dealkylation sites (N-methyl/N-ethyl adjacent to an activating group) is 1. The van der Waals surface area contributed by atoms with Crippen molar-refractivity contribution in [3.8, 4) is 0 Å². The van der Waals surface area contributed by atoms with E-state index in [9.17, 15) is 13.2 Å². The van der Waals surface area contributed by atoms with Crippen molar-refractivity contribution in [3.63, 3.8) is 0 Å². The Bertz CT molecular complexity index is 329. The van der Waals surface area contributed by atoms with E-state index < -0.39 is 22.5 Å². The number of rotatable bonds is 6. The molecule has 0 saturated heterocycles. The van der Waals surface area contributed by atoms with Crippen LogP contribution in [0.25, 0.3) is 0 Å². The first-order chi connectivity index (χ1) is 7.04. The summed E-state index contributed by atoms with van der Waals surface area (Å²) in [5.74, 6) is -1.13. The van der Waals surface area contributed by atoms with E-state index in [-0.39, 0.29) is 11.2 Å². The van der Waals surface area contributed by atoms with Crippen molar-refractivity contribution in [2.45, 2.75) is 33.6 Å². The molecule has 0 aromatic carbocycles. The van der Waals surface area contributed by atoms with Crippen molar-refractivity contribution < 1.29 is 18.3 Å². The first-order valence-electron chi connectivity index (χ1n) is 5.20. The minimum atomic E-state index is -3.43. The van der Waals surface area contributed by atoms with Crippen LogP contribution in [0.2, 0.25) is 0 Å². The van der Waals surface area contributed by atoms with E-state index in [4.69, 9.17) is 5.11 Å². The number of sulfonamides is 1. The molecule has 0 radical (unpaired) electrons. The van der Waals surface area contributed by atoms with Gasteiger partial charge in [-0.2, -0.15) is 4.31 Å². The Hall–Kier alpha value is -0.620. The van der Waals surface area contributed by atoms with Crippen molar-refractivity contribution in [3.05, 3.63) is 0 Å². The quantitative estimate of drug-likeness (QED) is 0.768. The molecule has 1 N–H and O–H groups in total. The van der Waals surface area contributed by atoms with E-state index in [0.29, 0.717) is 6.42 Å². The van der Waals surface area contributed by atoms with Crippen LogP contribution in [0.5, 0.6) is 0 Å². The van der Waals surface area contributed by atoms with Crippen LogP contribution >= 0.6 is 0 Å². The van der Waals surface area contributed by atoms with Crippen molar-refractivity contribution >= 4 is 16.0 Å². The van der Waals surface area contributed by atoms with Gasteiger partial charge in [0, 0.05) is 7.05 Å². The number of aliphatic carboxylic acids is 1. The molecule has 16 heavy (non-hydrogen) atoms. The molecule has 96 valence electrons. The lowest BCUT2D eigenvalue weighted by atomic mass is 9.91. The van der Waals surface area contributed by atoms with Crippen LogP contribution in [0.1, 0.15) is 33.6 Å². The predicted octanol–water partition coefficient (Wildman–Crippen LogP) is 1.16. The summed E-state index contributed by atoms with van der Waals surface area (Å²) in [6, 6.07) is 0. The maximum Gasteiger partial charge on any atom is 0.318 e. The Labute approximate surface area is 97.5 Å². The van der Waals surface area contributed by atoms with E-state index in [2.05, 4.69) is 0 Å². The molecule has 0 unspecified atom stereocenters. The molecule has 0 aliphatic carbocycles. The number of nitrogens with zero attached hydrogens (tertiary/aromatic N) is 1. The van der Waals surface area contributed by atoms with Crippen LogP contribution in [-0.2, 0) is 14.8 Å². The number of carboxylic acids is 1. The lowest BCUT2D eigenvalue weighted by molar-refractivity contribution is -0.137. The second-order valence-corrected chi connectivity index (χ2v) is 7.33. The monoisotopic (exact) mass is 251 g/mol. The SMILES string of the molecule is CN(CC(=O)O)S(=O)(=O)CCCC(C)(C)C. The normalized spacial score (nSPS) is 13.1. The Morgan fingerprint density at radius 3 is 2.19 bits per heavy atom. The second kappa shape index (κ2) is 5.63. The summed E-state index contributed by atoms with van der Waals surface area (Å²) in [6.07, 6.45) is 1.35. The Morgan fingerprint density at radius 1 is 1.31 bits per heavy atom. The standard InChI is InChI=1S/C10H21NO4S/c1-10(2,3)6-5-7-16(14,15)11(4)8-9(12)13/h5-8H2,1-4H3,(H,12,13). The fourth-order valence-corrected chi connectivity index (χ4v) is 2.36. The highest BCUT2D eigenvalue weighted by molar-refractivity contribution is 7.89. The zero-order chi connectivity index (χ0) is 13.0. The van der Waals surface area contributed by atoms with E-state index in [1.165, 1.54) is 7.05 Å². The van der Waals surface area contributed by atoms with Crippen LogP contribution < -0.4 is 0 Å². The number of carboxylic acid groups (broad SMARTS) is 1. The molecule has 0 amide bonds. The van der Waals surface area contributed by atoms with Gasteiger partial charge < -0.3 is 5.11 Å². The first kappa shape index (κ1) is 15.4. The number of hydrogen-bond acceptors (Lipinski definition) is 3. The lowest BCUT2D eigenvalue weighted by Crippen LogP contribution is -2.34. The molecule has 0 fully saturated rings. The van der Waals surface area contributed by atoms with Crippen LogP contribution in [0.4, 0.5) is 0 Å². The molecule has 0 aliphatic rings. The van der Waals surface area contributed by atoms with E-state index >= 15 is 0 Å². The number of carbonyl (C=O) groups is 1. The van der Waals surface area contributed by atoms with Gasteiger partial charge in [-0.25, -0.2) is 8.42 Å². The maximum atomic E-state index is 11.6. The lowest BCUT2D eigenvalue weighted by Gasteiger charge is -2.19. The zero-order valence-electron chi connectivity index (χ0n) is 10.4. The van der Waals surface area contributed by atoms with E-state index in [0.717, 1.165) is 10.7 Å². The molecule has 0 heterocycles. The largest absolute Gasteiger partial charge is 0.480 e. The predicted molar refractivity (Wildman–Crippen MR) is 62.7 cm³/mol. The highest BCUT2D eigenvalue weighted by Crippen LogP contribution is 2.21. The average Bonchev–Trinajstić information content (AvgIpc) is 1.99. The fraction of sp³-hybridized carbons (Fsp3) is 0.900. The molecule has 0 atom stereocenters. The van der Waals surface area contributed by atoms with Gasteiger partial charge in [0.2, 0.25) is 10.0 Å². The summed E-state index contributed by atoms with van der Waals surface area (Å²) < 4.78 is 24.1. The van der Waals surface area contributed by atoms with Gasteiger partial charge in [0.15, 0.2) is 0 Å². The van der Waals surface area contributed by atoms with E-state index in [1.807, 2.05) is 20.8 Å². The summed E-state index contributed by atoms with van der Waals surface area (Å²) in [5, 5.41) is 8.50. The van der Waals surface area contributed by atoms with Gasteiger partial charge >= 0.3 is 5.97 Å². The molecule has 0 rings (SSSR count). The van der Waals surface area contributed by atoms with E-state index in [1.54, 1.807) is 0 Å². The van der Waals surface area contributed by atoms with Crippen molar-refractivity contribution in [2.75, 3.05) is 19.3 Å². The van der Waals surface area contributed by atoms with Gasteiger partial charge in [-0.1, -0.05) is 20.8 Å². The van der Waals surface area contributed by atoms with Gasteiger partial charge in [-0.15, -0.1) is 0 Å². The van der Waals surface area contributed by atoms with Crippen molar-refractivity contribution in [1.29, 1.82) is 0 Å². The maximum absolute atomic E-state index is 11.6. The van der Waals surface area contributed by atoms with Crippen LogP contribution in [-0.4, -0.2) is 43.1 Å². The molecule has 0 aromatic rings. The number of hydrogen-bond donors (Lipinski definition) is 1.